The average molecular weight is 640 g/mol. The number of halogens is 1. The lowest BCUT2D eigenvalue weighted by Gasteiger charge is -2.54. The van der Waals surface area contributed by atoms with Crippen LogP contribution in [0.5, 0.6) is 0 Å². The molecule has 14 nitrogen and oxygen atoms in total. The van der Waals surface area contributed by atoms with Crippen molar-refractivity contribution in [3.05, 3.63) is 11.5 Å². The van der Waals surface area contributed by atoms with Gasteiger partial charge in [-0.15, -0.1) is 6.42 Å². The summed E-state index contributed by atoms with van der Waals surface area (Å²) in [7, 11) is 0. The fourth-order valence-electron chi connectivity index (χ4n) is 6.06. The Morgan fingerprint density at radius 3 is 2.20 bits per heavy atom. The van der Waals surface area contributed by atoms with Crippen LogP contribution in [0.2, 0.25) is 5.28 Å². The molecule has 244 valence electrons. The predicted octanol–water partition coefficient (Wildman–Crippen LogP) is 0.556. The van der Waals surface area contributed by atoms with Gasteiger partial charge in [-0.2, -0.15) is 15.1 Å². The Bertz CT molecular complexity index is 1230. The summed E-state index contributed by atoms with van der Waals surface area (Å²) in [5.41, 5.74) is 0.601. The molecule has 1 saturated carbocycles. The first-order valence-electron chi connectivity index (χ1n) is 15.1. The number of ether oxygens (including phenoxy) is 6. The third-order valence-electron chi connectivity index (χ3n) is 8.39. The number of aliphatic hydroxyl groups excluding tert-OH is 3. The van der Waals surface area contributed by atoms with Crippen LogP contribution in [-0.2, 0) is 28.4 Å². The number of nitrogens with zero attached hydrogens (tertiary/aromatic N) is 5. The fraction of sp³-hybridized carbons (Fsp3) is 0.759. The van der Waals surface area contributed by atoms with E-state index < -0.39 is 31.1 Å². The molecule has 0 radical (unpaired) electrons. The second-order valence-electron chi connectivity index (χ2n) is 11.4. The van der Waals surface area contributed by atoms with Crippen molar-refractivity contribution in [2.24, 2.45) is 5.41 Å². The molecule has 2 aromatic rings. The van der Waals surface area contributed by atoms with Gasteiger partial charge in [-0.3, -0.25) is 0 Å². The second-order valence-corrected chi connectivity index (χ2v) is 11.7. The number of terminal acetylenes is 1. The summed E-state index contributed by atoms with van der Waals surface area (Å²) in [4.78, 5) is 11.0. The first-order valence-corrected chi connectivity index (χ1v) is 15.5. The zero-order chi connectivity index (χ0) is 30.9. The molecule has 3 fully saturated rings. The highest BCUT2D eigenvalue weighted by Crippen LogP contribution is 2.47. The summed E-state index contributed by atoms with van der Waals surface area (Å²) in [5, 5.41) is 35.2. The Balaban J connectivity index is 0.985. The summed E-state index contributed by atoms with van der Waals surface area (Å²) in [6.45, 7) is 5.65. The van der Waals surface area contributed by atoms with Crippen LogP contribution in [0.15, 0.2) is 6.20 Å². The molecule has 4 atom stereocenters. The average Bonchev–Trinajstić information content (AvgIpc) is 3.55. The molecular weight excluding hydrogens is 598 g/mol. The van der Waals surface area contributed by atoms with Gasteiger partial charge in [0.05, 0.1) is 77.1 Å². The summed E-state index contributed by atoms with van der Waals surface area (Å²) < 4.78 is 34.7. The Morgan fingerprint density at radius 2 is 1.59 bits per heavy atom. The van der Waals surface area contributed by atoms with Crippen LogP contribution in [0.3, 0.4) is 0 Å². The van der Waals surface area contributed by atoms with E-state index in [0.717, 1.165) is 38.8 Å². The van der Waals surface area contributed by atoms with Gasteiger partial charge in [-0.05, 0) is 37.3 Å². The molecule has 44 heavy (non-hydrogen) atoms. The Kier molecular flexibility index (Phi) is 12.0. The fourth-order valence-corrected chi connectivity index (χ4v) is 6.22. The summed E-state index contributed by atoms with van der Waals surface area (Å²) in [6.07, 6.45) is 6.63. The van der Waals surface area contributed by atoms with Crippen molar-refractivity contribution in [3.63, 3.8) is 0 Å². The molecule has 2 aliphatic heterocycles. The third-order valence-corrected chi connectivity index (χ3v) is 8.56. The van der Waals surface area contributed by atoms with Gasteiger partial charge in [0.2, 0.25) is 5.28 Å². The zero-order valence-corrected chi connectivity index (χ0v) is 25.5. The predicted molar refractivity (Wildman–Crippen MR) is 158 cm³/mol. The topological polar surface area (TPSA) is 163 Å². The van der Waals surface area contributed by atoms with Gasteiger partial charge in [-0.1, -0.05) is 5.92 Å². The van der Waals surface area contributed by atoms with Crippen LogP contribution in [0, 0.1) is 17.8 Å². The van der Waals surface area contributed by atoms with E-state index in [9.17, 15) is 15.3 Å². The highest BCUT2D eigenvalue weighted by molar-refractivity contribution is 6.28. The summed E-state index contributed by atoms with van der Waals surface area (Å²) in [5.74, 6) is 3.09. The van der Waals surface area contributed by atoms with E-state index >= 15 is 0 Å². The maximum absolute atomic E-state index is 10.5. The minimum Gasteiger partial charge on any atom is -0.394 e. The molecule has 5 rings (SSSR count). The van der Waals surface area contributed by atoms with Gasteiger partial charge in [0.15, 0.2) is 11.9 Å². The largest absolute Gasteiger partial charge is 0.394 e. The molecule has 15 heteroatoms. The van der Waals surface area contributed by atoms with E-state index in [1.807, 2.05) is 0 Å². The maximum Gasteiger partial charge on any atom is 0.226 e. The molecule has 0 aromatic carbocycles. The van der Waals surface area contributed by atoms with Crippen LogP contribution in [0.25, 0.3) is 11.0 Å². The standard InChI is InChI=1S/C29H42ClN5O9/c1-2-7-39-8-9-40-10-11-41-12-13-42-14-15-43-20-3-5-29(6-4-20)18-34(19-29)25-21-16-31-35(26(21)33-28(30)32-25)27-24(38)23(37)22(17-36)44-27/h1,16,20,22-24,27,36-38H,3-15,17-19H2/t22?,23-,24-,27-/m1/s1. The molecule has 1 aliphatic carbocycles. The highest BCUT2D eigenvalue weighted by atomic mass is 35.5. The van der Waals surface area contributed by atoms with E-state index in [1.54, 1.807) is 6.20 Å². The molecule has 1 spiro atoms. The Hall–Kier alpha value is -2.16. The Labute approximate surface area is 261 Å². The number of hydrogen-bond acceptors (Lipinski definition) is 13. The molecule has 2 aromatic heterocycles. The molecular formula is C29H42ClN5O9. The number of rotatable bonds is 17. The Morgan fingerprint density at radius 1 is 0.955 bits per heavy atom. The second kappa shape index (κ2) is 15.9. The normalized spacial score (nSPS) is 25.1. The number of fused-ring (bicyclic) bond motifs is 1. The van der Waals surface area contributed by atoms with Crippen molar-refractivity contribution in [2.75, 3.05) is 84.1 Å². The van der Waals surface area contributed by atoms with Crippen LogP contribution in [0.1, 0.15) is 31.9 Å². The van der Waals surface area contributed by atoms with Crippen molar-refractivity contribution in [1.29, 1.82) is 0 Å². The van der Waals surface area contributed by atoms with Gasteiger partial charge >= 0.3 is 0 Å². The number of anilines is 1. The van der Waals surface area contributed by atoms with E-state index in [1.165, 1.54) is 4.68 Å². The van der Waals surface area contributed by atoms with E-state index in [4.69, 9.17) is 46.4 Å². The lowest BCUT2D eigenvalue weighted by Crippen LogP contribution is -2.58. The van der Waals surface area contributed by atoms with E-state index in [-0.39, 0.29) is 16.8 Å². The molecule has 3 N–H and O–H groups in total. The van der Waals surface area contributed by atoms with Gasteiger partial charge in [0.1, 0.15) is 30.7 Å². The number of aromatic nitrogens is 4. The van der Waals surface area contributed by atoms with Crippen molar-refractivity contribution in [3.8, 4) is 12.3 Å². The van der Waals surface area contributed by atoms with E-state index in [0.29, 0.717) is 76.3 Å². The smallest absolute Gasteiger partial charge is 0.226 e. The number of hydrogen-bond donors (Lipinski definition) is 3. The zero-order valence-electron chi connectivity index (χ0n) is 24.8. The van der Waals surface area contributed by atoms with Crippen molar-refractivity contribution in [2.45, 2.75) is 56.3 Å². The molecule has 1 unspecified atom stereocenters. The van der Waals surface area contributed by atoms with Gasteiger partial charge < -0.3 is 48.6 Å². The van der Waals surface area contributed by atoms with Crippen LogP contribution in [0.4, 0.5) is 5.82 Å². The van der Waals surface area contributed by atoms with Gasteiger partial charge in [0.25, 0.3) is 0 Å². The molecule has 4 heterocycles. The van der Waals surface area contributed by atoms with Crippen LogP contribution in [-0.4, -0.2) is 139 Å². The minimum atomic E-state index is -1.27. The van der Waals surface area contributed by atoms with Crippen LogP contribution >= 0.6 is 11.6 Å². The number of aliphatic hydroxyl groups is 3. The van der Waals surface area contributed by atoms with Gasteiger partial charge in [-0.25, -0.2) is 4.68 Å². The van der Waals surface area contributed by atoms with Crippen molar-refractivity contribution < 1.29 is 43.7 Å². The first-order chi connectivity index (χ1) is 21.4. The molecule has 2 saturated heterocycles. The summed E-state index contributed by atoms with van der Waals surface area (Å²) >= 11 is 6.30. The monoisotopic (exact) mass is 639 g/mol. The van der Waals surface area contributed by atoms with Crippen LogP contribution < -0.4 is 4.90 Å². The maximum atomic E-state index is 10.5. The highest BCUT2D eigenvalue weighted by Gasteiger charge is 2.47. The molecule has 3 aliphatic rings. The van der Waals surface area contributed by atoms with Gasteiger partial charge in [0, 0.05) is 18.5 Å². The van der Waals surface area contributed by atoms with E-state index in [2.05, 4.69) is 25.9 Å². The first kappa shape index (κ1) is 33.2. The lowest BCUT2D eigenvalue weighted by atomic mass is 9.68. The molecule has 0 amide bonds. The minimum absolute atomic E-state index is 0.0558. The summed E-state index contributed by atoms with van der Waals surface area (Å²) in [6, 6.07) is 0. The quantitative estimate of drug-likeness (QED) is 0.125. The van der Waals surface area contributed by atoms with Crippen molar-refractivity contribution >= 4 is 28.5 Å². The van der Waals surface area contributed by atoms with Crippen molar-refractivity contribution in [1.82, 2.24) is 19.7 Å². The molecule has 0 bridgehead atoms. The lowest BCUT2D eigenvalue weighted by molar-refractivity contribution is -0.0566. The third kappa shape index (κ3) is 7.97. The SMILES string of the molecule is C#CCOCCOCCOCCOCCOC1CCC2(CC1)CN(c1nc(Cl)nc3c1cnn3[C@@H]1OC(CO)[C@@H](O)[C@H]1O)C2.